The van der Waals surface area contributed by atoms with Crippen molar-refractivity contribution >= 4 is 35.8 Å². The van der Waals surface area contributed by atoms with Crippen molar-refractivity contribution in [2.24, 2.45) is 5.92 Å². The Hall–Kier alpha value is -2.58. The molecule has 2 aromatic heterocycles. The molecule has 2 aliphatic heterocycles. The minimum absolute atomic E-state index is 0. The summed E-state index contributed by atoms with van der Waals surface area (Å²) in [6.07, 6.45) is 7.20. The van der Waals surface area contributed by atoms with Crippen molar-refractivity contribution in [3.05, 3.63) is 42.7 Å². The van der Waals surface area contributed by atoms with E-state index in [4.69, 9.17) is 9.47 Å². The molecule has 9 heteroatoms. The molecule has 1 spiro atoms. The van der Waals surface area contributed by atoms with E-state index in [-0.39, 0.29) is 24.1 Å². The van der Waals surface area contributed by atoms with Crippen molar-refractivity contribution in [2.45, 2.75) is 31.3 Å². The fraction of sp³-hybridized carbons (Fsp3) is 0.522. The van der Waals surface area contributed by atoms with Crippen molar-refractivity contribution in [1.29, 1.82) is 0 Å². The predicted octanol–water partition coefficient (Wildman–Crippen LogP) is 3.73. The van der Waals surface area contributed by atoms with Gasteiger partial charge in [-0.1, -0.05) is 6.07 Å². The summed E-state index contributed by atoms with van der Waals surface area (Å²) in [7, 11) is 0. The standard InChI is InChI=1S/C23H29N5O3.ClH/c29-22-28(21-3-1-2-10-24-21)17-23(31-22)8-6-18(7-9-23)15-25-20-5-4-19(16-26-20)27-11-13-30-14-12-27;/h1-5,10,16,18H,6-9,11-15,17H2,(H,25,26);1H/t18-,23-;. The zero-order valence-electron chi connectivity index (χ0n) is 18.1. The first kappa shape index (κ1) is 22.6. The van der Waals surface area contributed by atoms with Crippen LogP contribution in [0.2, 0.25) is 0 Å². The number of nitrogens with one attached hydrogen (secondary N) is 1. The second-order valence-electron chi connectivity index (χ2n) is 8.65. The van der Waals surface area contributed by atoms with Crippen LogP contribution in [0.15, 0.2) is 42.7 Å². The van der Waals surface area contributed by atoms with Gasteiger partial charge >= 0.3 is 6.09 Å². The molecule has 0 bridgehead atoms. The molecule has 3 aliphatic rings. The number of anilines is 3. The monoisotopic (exact) mass is 459 g/mol. The van der Waals surface area contributed by atoms with Crippen LogP contribution in [0.25, 0.3) is 0 Å². The lowest BCUT2D eigenvalue weighted by Crippen LogP contribution is -2.39. The van der Waals surface area contributed by atoms with Gasteiger partial charge in [0, 0.05) is 25.8 Å². The van der Waals surface area contributed by atoms with E-state index in [1.165, 1.54) is 0 Å². The van der Waals surface area contributed by atoms with E-state index in [9.17, 15) is 4.79 Å². The molecular formula is C23H30ClN5O3. The lowest BCUT2D eigenvalue weighted by molar-refractivity contribution is 0.0148. The zero-order valence-corrected chi connectivity index (χ0v) is 18.9. The van der Waals surface area contributed by atoms with E-state index in [2.05, 4.69) is 32.3 Å². The summed E-state index contributed by atoms with van der Waals surface area (Å²) >= 11 is 0. The molecule has 1 amide bonds. The number of carbonyl (C=O) groups is 1. The first-order valence-corrected chi connectivity index (χ1v) is 11.1. The topological polar surface area (TPSA) is 79.8 Å². The van der Waals surface area contributed by atoms with Crippen molar-refractivity contribution in [1.82, 2.24) is 9.97 Å². The number of morpholine rings is 1. The van der Waals surface area contributed by atoms with Crippen LogP contribution in [-0.4, -0.2) is 61.1 Å². The Balaban J connectivity index is 0.00000245. The Morgan fingerprint density at radius 2 is 1.91 bits per heavy atom. The van der Waals surface area contributed by atoms with Gasteiger partial charge in [-0.05, 0) is 55.9 Å². The third-order valence-corrected chi connectivity index (χ3v) is 6.61. The highest BCUT2D eigenvalue weighted by Crippen LogP contribution is 2.40. The van der Waals surface area contributed by atoms with Gasteiger partial charge in [-0.3, -0.25) is 4.90 Å². The molecule has 8 nitrogen and oxygen atoms in total. The van der Waals surface area contributed by atoms with Gasteiger partial charge in [0.15, 0.2) is 0 Å². The molecule has 0 unspecified atom stereocenters. The first-order chi connectivity index (χ1) is 15.2. The van der Waals surface area contributed by atoms with E-state index in [1.807, 2.05) is 24.4 Å². The van der Waals surface area contributed by atoms with Crippen LogP contribution in [0.1, 0.15) is 25.7 Å². The maximum atomic E-state index is 12.4. The summed E-state index contributed by atoms with van der Waals surface area (Å²) in [6, 6.07) is 9.78. The Labute approximate surface area is 194 Å². The summed E-state index contributed by atoms with van der Waals surface area (Å²) in [5.41, 5.74) is 0.775. The predicted molar refractivity (Wildman–Crippen MR) is 126 cm³/mol. The first-order valence-electron chi connectivity index (χ1n) is 11.1. The Morgan fingerprint density at radius 1 is 1.09 bits per heavy atom. The molecule has 32 heavy (non-hydrogen) atoms. The largest absolute Gasteiger partial charge is 0.441 e. The normalized spacial score (nSPS) is 25.4. The van der Waals surface area contributed by atoms with Crippen molar-refractivity contribution in [3.63, 3.8) is 0 Å². The van der Waals surface area contributed by atoms with Crippen LogP contribution < -0.4 is 15.1 Å². The number of aromatic nitrogens is 2. The minimum atomic E-state index is -0.372. The van der Waals surface area contributed by atoms with E-state index >= 15 is 0 Å². The van der Waals surface area contributed by atoms with Gasteiger partial charge < -0.3 is 19.7 Å². The van der Waals surface area contributed by atoms with Crippen LogP contribution in [0.5, 0.6) is 0 Å². The second-order valence-corrected chi connectivity index (χ2v) is 8.65. The quantitative estimate of drug-likeness (QED) is 0.729. The van der Waals surface area contributed by atoms with Crippen molar-refractivity contribution < 1.29 is 14.3 Å². The Morgan fingerprint density at radius 3 is 2.59 bits per heavy atom. The number of rotatable bonds is 5. The van der Waals surface area contributed by atoms with Crippen LogP contribution >= 0.6 is 12.4 Å². The van der Waals surface area contributed by atoms with Gasteiger partial charge in [0.1, 0.15) is 17.2 Å². The second kappa shape index (κ2) is 9.92. The van der Waals surface area contributed by atoms with Gasteiger partial charge in [-0.15, -0.1) is 12.4 Å². The van der Waals surface area contributed by atoms with E-state index in [0.717, 1.165) is 70.0 Å². The van der Waals surface area contributed by atoms with Gasteiger partial charge in [-0.25, -0.2) is 14.8 Å². The van der Waals surface area contributed by atoms with Gasteiger partial charge in [0.25, 0.3) is 0 Å². The average molecular weight is 460 g/mol. The molecule has 5 rings (SSSR count). The summed E-state index contributed by atoms with van der Waals surface area (Å²) in [4.78, 5) is 25.3. The fourth-order valence-electron chi connectivity index (χ4n) is 4.73. The van der Waals surface area contributed by atoms with Gasteiger partial charge in [-0.2, -0.15) is 0 Å². The van der Waals surface area contributed by atoms with Crippen molar-refractivity contribution in [3.8, 4) is 0 Å². The molecule has 1 aliphatic carbocycles. The maximum Gasteiger partial charge on any atom is 0.416 e. The molecule has 2 saturated heterocycles. The van der Waals surface area contributed by atoms with E-state index in [1.54, 1.807) is 11.1 Å². The number of carbonyl (C=O) groups excluding carboxylic acids is 1. The number of amides is 1. The van der Waals surface area contributed by atoms with Crippen LogP contribution in [0.3, 0.4) is 0 Å². The number of halogens is 1. The summed E-state index contributed by atoms with van der Waals surface area (Å²) in [6.45, 7) is 4.86. The minimum Gasteiger partial charge on any atom is -0.441 e. The summed E-state index contributed by atoms with van der Waals surface area (Å²) in [5.74, 6) is 2.12. The smallest absolute Gasteiger partial charge is 0.416 e. The summed E-state index contributed by atoms with van der Waals surface area (Å²) < 4.78 is 11.3. The molecular weight excluding hydrogens is 430 g/mol. The van der Waals surface area contributed by atoms with Crippen LogP contribution in [0.4, 0.5) is 22.1 Å². The van der Waals surface area contributed by atoms with Crippen LogP contribution in [-0.2, 0) is 9.47 Å². The number of nitrogens with zero attached hydrogens (tertiary/aromatic N) is 4. The SMILES string of the molecule is Cl.O=C1O[C@]2(CC[C@H](CNc3ccc(N4CCOCC4)cn3)CC2)CN1c1ccccn1. The van der Waals surface area contributed by atoms with Gasteiger partial charge in [0.05, 0.1) is 31.6 Å². The van der Waals surface area contributed by atoms with Crippen molar-refractivity contribution in [2.75, 3.05) is 54.5 Å². The number of hydrogen-bond donors (Lipinski definition) is 1. The molecule has 0 aromatic carbocycles. The number of hydrogen-bond acceptors (Lipinski definition) is 7. The molecule has 0 radical (unpaired) electrons. The van der Waals surface area contributed by atoms with E-state index in [0.29, 0.717) is 18.3 Å². The zero-order chi connectivity index (χ0) is 21.1. The Bertz CT molecular complexity index is 884. The molecule has 4 heterocycles. The Kier molecular flexibility index (Phi) is 7.01. The number of pyridine rings is 2. The van der Waals surface area contributed by atoms with E-state index < -0.39 is 0 Å². The third-order valence-electron chi connectivity index (χ3n) is 6.61. The highest BCUT2D eigenvalue weighted by Gasteiger charge is 2.47. The third kappa shape index (κ3) is 4.91. The maximum absolute atomic E-state index is 12.4. The van der Waals surface area contributed by atoms with Gasteiger partial charge in [0.2, 0.25) is 0 Å². The lowest BCUT2D eigenvalue weighted by Gasteiger charge is -2.35. The molecule has 3 fully saturated rings. The number of ether oxygens (including phenoxy) is 2. The average Bonchev–Trinajstić information content (AvgIpc) is 3.16. The summed E-state index contributed by atoms with van der Waals surface area (Å²) in [5, 5.41) is 3.48. The van der Waals surface area contributed by atoms with Crippen LogP contribution in [0, 0.1) is 5.92 Å². The highest BCUT2D eigenvalue weighted by atomic mass is 35.5. The molecule has 0 atom stereocenters. The fourth-order valence-corrected chi connectivity index (χ4v) is 4.73. The molecule has 1 saturated carbocycles. The lowest BCUT2D eigenvalue weighted by atomic mass is 9.78. The molecule has 2 aromatic rings. The molecule has 1 N–H and O–H groups in total. The highest BCUT2D eigenvalue weighted by molar-refractivity contribution is 5.89. The molecule has 172 valence electrons.